The Morgan fingerprint density at radius 2 is 1.83 bits per heavy atom. The van der Waals surface area contributed by atoms with Crippen LogP contribution in [0.15, 0.2) is 28.7 Å². The Balaban J connectivity index is 1.34. The number of methoxy groups -OCH3 is 1. The Morgan fingerprint density at radius 1 is 1.14 bits per heavy atom. The van der Waals surface area contributed by atoms with Gasteiger partial charge in [0.1, 0.15) is 5.75 Å². The Hall–Kier alpha value is -2.57. The summed E-state index contributed by atoms with van der Waals surface area (Å²) in [6, 6.07) is 8.76. The van der Waals surface area contributed by atoms with E-state index in [9.17, 15) is 4.79 Å². The maximum Gasteiger partial charge on any atom is 0.318 e. The van der Waals surface area contributed by atoms with Crippen molar-refractivity contribution in [3.63, 3.8) is 0 Å². The average molecular weight is 399 g/mol. The van der Waals surface area contributed by atoms with Crippen LogP contribution >= 0.6 is 0 Å². The van der Waals surface area contributed by atoms with Crippen LogP contribution in [0, 0.1) is 5.92 Å². The summed E-state index contributed by atoms with van der Waals surface area (Å²) in [7, 11) is 1.68. The van der Waals surface area contributed by atoms with Gasteiger partial charge >= 0.3 is 6.01 Å². The van der Waals surface area contributed by atoms with Crippen LogP contribution in [0.3, 0.4) is 0 Å². The van der Waals surface area contributed by atoms with Crippen LogP contribution in [0.25, 0.3) is 0 Å². The molecule has 2 fully saturated rings. The van der Waals surface area contributed by atoms with Crippen molar-refractivity contribution in [3.05, 3.63) is 35.7 Å². The third kappa shape index (κ3) is 4.54. The summed E-state index contributed by atoms with van der Waals surface area (Å²) in [5.74, 6) is 2.90. The number of benzene rings is 1. The fourth-order valence-corrected chi connectivity index (χ4v) is 3.96. The van der Waals surface area contributed by atoms with Crippen LogP contribution in [0.4, 0.5) is 6.01 Å². The lowest BCUT2D eigenvalue weighted by Gasteiger charge is -2.34. The molecule has 1 aliphatic carbocycles. The van der Waals surface area contributed by atoms with Gasteiger partial charge in [0.2, 0.25) is 11.8 Å². The van der Waals surface area contributed by atoms with Crippen molar-refractivity contribution in [2.75, 3.05) is 38.2 Å². The highest BCUT2D eigenvalue weighted by Gasteiger charge is 2.35. The average Bonchev–Trinajstić information content (AvgIpc) is 3.46. The number of carbonyl (C=O) groups is 1. The Labute approximate surface area is 172 Å². The molecule has 1 saturated carbocycles. The number of amides is 1. The number of carbonyl (C=O) groups excluding carboxylic acids is 1. The lowest BCUT2D eigenvalue weighted by molar-refractivity contribution is -0.132. The summed E-state index contributed by atoms with van der Waals surface area (Å²) in [6.45, 7) is 6.90. The molecule has 1 unspecified atom stereocenters. The SMILES string of the molecule is COc1ccc(C(CC(=O)N2CCN(c3nnc(C(C)C)o3)CC2)C2CC2)cc1. The second-order valence-electron chi connectivity index (χ2n) is 8.37. The fraction of sp³-hybridized carbons (Fsp3) is 0.591. The van der Waals surface area contributed by atoms with Crippen molar-refractivity contribution in [2.24, 2.45) is 5.92 Å². The molecule has 2 aromatic rings. The minimum Gasteiger partial charge on any atom is -0.497 e. The van der Waals surface area contributed by atoms with E-state index < -0.39 is 0 Å². The van der Waals surface area contributed by atoms with E-state index in [0.717, 1.165) is 18.8 Å². The maximum atomic E-state index is 13.0. The fourth-order valence-electron chi connectivity index (χ4n) is 3.96. The first-order chi connectivity index (χ1) is 14.0. The zero-order chi connectivity index (χ0) is 20.4. The topological polar surface area (TPSA) is 71.7 Å². The van der Waals surface area contributed by atoms with Gasteiger partial charge in [0, 0.05) is 38.5 Å². The summed E-state index contributed by atoms with van der Waals surface area (Å²) < 4.78 is 11.0. The van der Waals surface area contributed by atoms with Crippen molar-refractivity contribution in [1.29, 1.82) is 0 Å². The van der Waals surface area contributed by atoms with E-state index in [2.05, 4.69) is 27.2 Å². The molecule has 2 aliphatic rings. The third-order valence-corrected chi connectivity index (χ3v) is 5.96. The number of hydrogen-bond donors (Lipinski definition) is 0. The summed E-state index contributed by atoms with van der Waals surface area (Å²) in [6.07, 6.45) is 3.01. The van der Waals surface area contributed by atoms with Crippen LogP contribution in [0.1, 0.15) is 56.4 Å². The molecule has 1 saturated heterocycles. The number of piperazine rings is 1. The van der Waals surface area contributed by atoms with E-state index in [-0.39, 0.29) is 11.8 Å². The minimum atomic E-state index is 0.219. The predicted molar refractivity (Wildman–Crippen MR) is 110 cm³/mol. The first kappa shape index (κ1) is 19.7. The second-order valence-corrected chi connectivity index (χ2v) is 8.37. The van der Waals surface area contributed by atoms with Gasteiger partial charge in [-0.1, -0.05) is 31.1 Å². The minimum absolute atomic E-state index is 0.219. The highest BCUT2D eigenvalue weighted by Crippen LogP contribution is 2.45. The van der Waals surface area contributed by atoms with E-state index in [1.54, 1.807) is 7.11 Å². The molecule has 29 heavy (non-hydrogen) atoms. The van der Waals surface area contributed by atoms with E-state index in [0.29, 0.717) is 43.3 Å². The molecule has 1 aromatic carbocycles. The standard InChI is InChI=1S/C22H30N4O3/c1-15(2)21-23-24-22(29-21)26-12-10-25(11-13-26)20(27)14-19(16-4-5-16)17-6-8-18(28-3)9-7-17/h6-9,15-16,19H,4-5,10-14H2,1-3H3. The van der Waals surface area contributed by atoms with Crippen LogP contribution in [-0.4, -0.2) is 54.3 Å². The molecule has 0 N–H and O–H groups in total. The Kier molecular flexibility index (Phi) is 5.74. The molecule has 1 atom stereocenters. The van der Waals surface area contributed by atoms with Gasteiger partial charge in [-0.25, -0.2) is 0 Å². The van der Waals surface area contributed by atoms with Crippen LogP contribution in [-0.2, 0) is 4.79 Å². The number of anilines is 1. The molecular formula is C22H30N4O3. The number of hydrogen-bond acceptors (Lipinski definition) is 6. The molecular weight excluding hydrogens is 368 g/mol. The van der Waals surface area contributed by atoms with Gasteiger partial charge in [0.15, 0.2) is 0 Å². The molecule has 7 nitrogen and oxygen atoms in total. The van der Waals surface area contributed by atoms with Crippen LogP contribution < -0.4 is 9.64 Å². The van der Waals surface area contributed by atoms with Crippen molar-refractivity contribution >= 4 is 11.9 Å². The van der Waals surface area contributed by atoms with Gasteiger partial charge in [0.05, 0.1) is 7.11 Å². The van der Waals surface area contributed by atoms with Gasteiger partial charge in [-0.3, -0.25) is 4.79 Å². The normalized spacial score (nSPS) is 18.2. The summed E-state index contributed by atoms with van der Waals surface area (Å²) in [5, 5.41) is 8.27. The molecule has 0 bridgehead atoms. The first-order valence-corrected chi connectivity index (χ1v) is 10.5. The van der Waals surface area contributed by atoms with Gasteiger partial charge < -0.3 is 19.0 Å². The summed E-state index contributed by atoms with van der Waals surface area (Å²) in [5.41, 5.74) is 1.24. The van der Waals surface area contributed by atoms with E-state index >= 15 is 0 Å². The number of rotatable bonds is 7. The molecule has 2 heterocycles. The van der Waals surface area contributed by atoms with E-state index in [1.807, 2.05) is 30.9 Å². The zero-order valence-electron chi connectivity index (χ0n) is 17.5. The molecule has 1 aromatic heterocycles. The summed E-state index contributed by atoms with van der Waals surface area (Å²) in [4.78, 5) is 17.1. The molecule has 4 rings (SSSR count). The van der Waals surface area contributed by atoms with Crippen molar-refractivity contribution in [1.82, 2.24) is 15.1 Å². The van der Waals surface area contributed by atoms with Gasteiger partial charge in [-0.2, -0.15) is 0 Å². The Morgan fingerprint density at radius 3 is 2.38 bits per heavy atom. The lowest BCUT2D eigenvalue weighted by atomic mass is 9.90. The van der Waals surface area contributed by atoms with Gasteiger partial charge in [-0.15, -0.1) is 5.10 Å². The Bertz CT molecular complexity index is 821. The number of ether oxygens (including phenoxy) is 1. The predicted octanol–water partition coefficient (Wildman–Crippen LogP) is 3.43. The molecule has 0 radical (unpaired) electrons. The molecule has 0 spiro atoms. The smallest absolute Gasteiger partial charge is 0.318 e. The van der Waals surface area contributed by atoms with Gasteiger partial charge in [0.25, 0.3) is 0 Å². The van der Waals surface area contributed by atoms with Crippen LogP contribution in [0.5, 0.6) is 5.75 Å². The lowest BCUT2D eigenvalue weighted by Crippen LogP contribution is -2.49. The molecule has 1 amide bonds. The third-order valence-electron chi connectivity index (χ3n) is 5.96. The van der Waals surface area contributed by atoms with E-state index in [4.69, 9.17) is 9.15 Å². The zero-order valence-corrected chi connectivity index (χ0v) is 17.5. The van der Waals surface area contributed by atoms with E-state index in [1.165, 1.54) is 18.4 Å². The second kappa shape index (κ2) is 8.43. The summed E-state index contributed by atoms with van der Waals surface area (Å²) >= 11 is 0. The first-order valence-electron chi connectivity index (χ1n) is 10.5. The highest BCUT2D eigenvalue weighted by molar-refractivity contribution is 5.77. The largest absolute Gasteiger partial charge is 0.497 e. The quantitative estimate of drug-likeness (QED) is 0.712. The van der Waals surface area contributed by atoms with Crippen molar-refractivity contribution in [3.8, 4) is 5.75 Å². The van der Waals surface area contributed by atoms with Gasteiger partial charge in [-0.05, 0) is 42.4 Å². The highest BCUT2D eigenvalue weighted by atomic mass is 16.5. The molecule has 1 aliphatic heterocycles. The molecule has 156 valence electrons. The number of nitrogens with zero attached hydrogens (tertiary/aromatic N) is 4. The van der Waals surface area contributed by atoms with Crippen molar-refractivity contribution in [2.45, 2.75) is 44.9 Å². The van der Waals surface area contributed by atoms with Crippen LogP contribution in [0.2, 0.25) is 0 Å². The maximum absolute atomic E-state index is 13.0. The van der Waals surface area contributed by atoms with Crippen molar-refractivity contribution < 1.29 is 13.9 Å². The monoisotopic (exact) mass is 398 g/mol. The molecule has 7 heteroatoms. The number of aromatic nitrogens is 2.